The largest absolute Gasteiger partial charge is 0.472 e. The number of ether oxygens (including phenoxy) is 3. The molecule has 0 amide bonds. The van der Waals surface area contributed by atoms with E-state index < -0.39 is 82.2 Å². The quantitative estimate of drug-likeness (QED) is 0.0123. The second kappa shape index (κ2) is 35.0. The van der Waals surface area contributed by atoms with Crippen LogP contribution in [0.3, 0.4) is 0 Å². The van der Waals surface area contributed by atoms with E-state index in [0.717, 1.165) is 151 Å². The molecule has 0 radical (unpaired) electrons. The summed E-state index contributed by atoms with van der Waals surface area (Å²) in [6, 6.07) is 7.84. The lowest BCUT2D eigenvalue weighted by atomic mass is 9.82. The first-order valence-electron chi connectivity index (χ1n) is 34.1. The Hall–Kier alpha value is -4.20. The molecule has 0 aliphatic carbocycles. The highest BCUT2D eigenvalue weighted by molar-refractivity contribution is 7.89. The van der Waals surface area contributed by atoms with Gasteiger partial charge in [0.05, 0.1) is 23.7 Å². The van der Waals surface area contributed by atoms with E-state index in [9.17, 15) is 40.4 Å². The number of phosphoric ester groups is 1. The van der Waals surface area contributed by atoms with Crippen LogP contribution in [0.5, 0.6) is 11.5 Å². The van der Waals surface area contributed by atoms with Crippen molar-refractivity contribution in [2.75, 3.05) is 57.4 Å². The first kappa shape index (κ1) is 69.7. The number of fused-ring (bicyclic) bond motifs is 4. The van der Waals surface area contributed by atoms with Gasteiger partial charge >= 0.3 is 19.8 Å². The van der Waals surface area contributed by atoms with Crippen LogP contribution in [0.4, 0.5) is 5.69 Å². The maximum Gasteiger partial charge on any atom is 0.472 e. The lowest BCUT2D eigenvalue weighted by Gasteiger charge is -2.39. The van der Waals surface area contributed by atoms with E-state index in [0.29, 0.717) is 40.7 Å². The number of hydrogen-bond donors (Lipinski definition) is 3. The first-order chi connectivity index (χ1) is 42.6. The Labute approximate surface area is 525 Å². The molecule has 0 spiro atoms. The van der Waals surface area contributed by atoms with Gasteiger partial charge in [-0.3, -0.25) is 23.2 Å². The van der Waals surface area contributed by atoms with Crippen molar-refractivity contribution in [1.82, 2.24) is 9.30 Å². The average Bonchev–Trinajstić information content (AvgIpc) is 0.722. The van der Waals surface area contributed by atoms with Crippen LogP contribution in [0, 0.1) is 0 Å². The van der Waals surface area contributed by atoms with Crippen LogP contribution in [0.2, 0.25) is 0 Å². The molecule has 3 aromatic carbocycles. The molecular weight excluding hydrogens is 1180 g/mol. The molecule has 0 saturated carbocycles. The highest BCUT2D eigenvalue weighted by atomic mass is 32.2. The maximum absolute atomic E-state index is 14.0. The SMILES string of the molecule is CCCCCCCCCCCCCCCC(=O)OC[C@@H](COP(=O)(O)OCCNS(=O)(=O)c1ccc(C2=c3cc4c5c(c3Oc3c2cc2c6c3CCCN6CCC2)CCC[N+]=5CCC4)c(S(=O)(=O)O)c1)OC(=O)CCCCCCCCCCCCCCC. The summed E-state index contributed by atoms with van der Waals surface area (Å²) in [7, 11) is -14.5. The molecule has 3 aromatic rings. The third kappa shape index (κ3) is 20.1. The Morgan fingerprint density at radius 2 is 1.18 bits per heavy atom. The number of anilines is 1. The second-order valence-corrected chi connectivity index (χ2v) is 29.9. The van der Waals surface area contributed by atoms with E-state index in [-0.39, 0.29) is 18.4 Å². The third-order valence-corrected chi connectivity index (χ3v) is 21.6. The number of hydrogen-bond acceptors (Lipinski definition) is 13. The van der Waals surface area contributed by atoms with Crippen molar-refractivity contribution in [1.29, 1.82) is 0 Å². The Bertz CT molecular complexity index is 3220. The fraction of sp³-hybridized carbons (Fsp3) is 0.691. The number of benzene rings is 3. The first-order valence-corrected chi connectivity index (χ1v) is 38.5. The van der Waals surface area contributed by atoms with Gasteiger partial charge in [0, 0.05) is 84.1 Å². The third-order valence-electron chi connectivity index (χ3n) is 18.3. The zero-order valence-electron chi connectivity index (χ0n) is 53.0. The number of sulfonamides is 1. The van der Waals surface area contributed by atoms with Crippen molar-refractivity contribution in [3.63, 3.8) is 0 Å². The fourth-order valence-electron chi connectivity index (χ4n) is 13.7. The number of nitrogens with zero attached hydrogens (tertiary/aromatic N) is 2. The number of aryl methyl sites for hydroxylation is 2. The van der Waals surface area contributed by atoms with Crippen molar-refractivity contribution in [2.45, 2.75) is 261 Å². The van der Waals surface area contributed by atoms with E-state index in [2.05, 4.69) is 40.2 Å². The van der Waals surface area contributed by atoms with Gasteiger partial charge in [0.25, 0.3) is 10.1 Å². The van der Waals surface area contributed by atoms with Crippen LogP contribution in [-0.4, -0.2) is 96.9 Å². The molecule has 0 saturated heterocycles. The van der Waals surface area contributed by atoms with Gasteiger partial charge in [0.1, 0.15) is 36.1 Å². The number of unbranched alkanes of at least 4 members (excludes halogenated alkanes) is 24. The van der Waals surface area contributed by atoms with Gasteiger partial charge in [-0.15, -0.1) is 0 Å². The molecule has 0 fully saturated rings. The molecule has 0 bridgehead atoms. The summed E-state index contributed by atoms with van der Waals surface area (Å²) in [5.41, 5.74) is 6.98. The number of esters is 2. The van der Waals surface area contributed by atoms with Crippen LogP contribution < -0.4 is 29.5 Å². The van der Waals surface area contributed by atoms with Crippen LogP contribution >= 0.6 is 7.82 Å². The van der Waals surface area contributed by atoms with Crippen molar-refractivity contribution in [3.8, 4) is 11.5 Å². The molecule has 17 nitrogen and oxygen atoms in total. The zero-order chi connectivity index (χ0) is 62.4. The van der Waals surface area contributed by atoms with Crippen LogP contribution in [-0.2, 0) is 78.5 Å². The Morgan fingerprint density at radius 3 is 1.78 bits per heavy atom. The average molecular weight is 1280 g/mol. The molecular formula is C68H103N3O14PS2+. The molecule has 5 aliphatic heterocycles. The standard InChI is InChI=1S/C68H102N3O14PS2/c1-3-5-7-9-11-13-15-17-19-21-23-25-27-37-62(72)81-50-54(84-63(73)38-28-26-24-22-20-18-16-14-12-10-8-6-4-2)51-83-86(74,75)82-46-41-69-87(76,77)55-39-40-56(61(49-55)88(78,79)80)64-59-47-52-33-29-42-70-44-31-35-57(65(52)70)67(59)85-68-58-36-32-45-71-43-30-34-53(66(58)71)48-60(64)68/h39-40,47-49,54,69H,3-38,41-46,50-51H2,1-2H3,(H-,74,75,78,79,80)/p+1/t54-/m0/s1. The molecule has 20 heteroatoms. The van der Waals surface area contributed by atoms with Crippen LogP contribution in [0.1, 0.15) is 253 Å². The van der Waals surface area contributed by atoms with Gasteiger partial charge in [-0.05, 0) is 81.2 Å². The fourth-order valence-corrected chi connectivity index (χ4v) is 16.3. The van der Waals surface area contributed by atoms with E-state index >= 15 is 0 Å². The summed E-state index contributed by atoms with van der Waals surface area (Å²) in [5.74, 6) is 0.290. The predicted molar refractivity (Wildman–Crippen MR) is 345 cm³/mol. The number of phosphoric acid groups is 1. The molecule has 88 heavy (non-hydrogen) atoms. The van der Waals surface area contributed by atoms with Gasteiger partial charge in [-0.1, -0.05) is 174 Å². The molecule has 3 N–H and O–H groups in total. The topological polar surface area (TPSA) is 224 Å². The normalized spacial score (nSPS) is 16.2. The summed E-state index contributed by atoms with van der Waals surface area (Å²) in [6.07, 6.45) is 36.2. The van der Waals surface area contributed by atoms with Crippen molar-refractivity contribution >= 4 is 51.2 Å². The minimum atomic E-state index is -5.08. The number of carbonyl (C=O) groups excluding carboxylic acids is 2. The summed E-state index contributed by atoms with van der Waals surface area (Å²) in [5, 5.41) is 1.87. The van der Waals surface area contributed by atoms with Gasteiger partial charge in [0.2, 0.25) is 15.4 Å². The number of nitrogens with one attached hydrogen (secondary N) is 1. The molecule has 490 valence electrons. The summed E-state index contributed by atoms with van der Waals surface area (Å²) < 4.78 is 113. The molecule has 5 aliphatic rings. The lowest BCUT2D eigenvalue weighted by molar-refractivity contribution is -0.161. The smallest absolute Gasteiger partial charge is 0.462 e. The van der Waals surface area contributed by atoms with E-state index in [4.69, 9.17) is 23.3 Å². The van der Waals surface area contributed by atoms with E-state index in [1.165, 1.54) is 132 Å². The molecule has 1 unspecified atom stereocenters. The van der Waals surface area contributed by atoms with Gasteiger partial charge in [-0.25, -0.2) is 22.3 Å². The monoisotopic (exact) mass is 1280 g/mol. The predicted octanol–water partition coefficient (Wildman–Crippen LogP) is 13.2. The summed E-state index contributed by atoms with van der Waals surface area (Å²) >= 11 is 0. The maximum atomic E-state index is 14.0. The highest BCUT2D eigenvalue weighted by Gasteiger charge is 2.38. The highest BCUT2D eigenvalue weighted by Crippen LogP contribution is 2.49. The summed E-state index contributed by atoms with van der Waals surface area (Å²) in [6.45, 7) is 5.97. The Morgan fingerprint density at radius 1 is 0.636 bits per heavy atom. The minimum absolute atomic E-state index is 0.113. The second-order valence-electron chi connectivity index (χ2n) is 25.3. The zero-order valence-corrected chi connectivity index (χ0v) is 55.6. The van der Waals surface area contributed by atoms with Crippen molar-refractivity contribution in [2.24, 2.45) is 0 Å². The Kier molecular flexibility index (Phi) is 27.7. The van der Waals surface area contributed by atoms with Gasteiger partial charge < -0.3 is 24.0 Å². The van der Waals surface area contributed by atoms with E-state index in [1.54, 1.807) is 0 Å². The molecule has 2 atom stereocenters. The molecule has 0 aromatic heterocycles. The van der Waals surface area contributed by atoms with E-state index in [1.807, 2.05) is 0 Å². The number of rotatable bonds is 42. The van der Waals surface area contributed by atoms with Gasteiger partial charge in [-0.2, -0.15) is 8.42 Å². The minimum Gasteiger partial charge on any atom is -0.462 e. The van der Waals surface area contributed by atoms with Crippen LogP contribution in [0.15, 0.2) is 40.1 Å². The molecule has 5 heterocycles. The lowest BCUT2D eigenvalue weighted by Crippen LogP contribution is -2.45. The summed E-state index contributed by atoms with van der Waals surface area (Å²) in [4.78, 5) is 38.1. The van der Waals surface area contributed by atoms with Crippen molar-refractivity contribution < 1.29 is 63.7 Å². The number of carbonyl (C=O) groups is 2. The van der Waals surface area contributed by atoms with Gasteiger partial charge in [0.15, 0.2) is 6.10 Å². The Balaban J connectivity index is 0.875. The van der Waals surface area contributed by atoms with Crippen molar-refractivity contribution in [3.05, 3.63) is 74.3 Å². The van der Waals surface area contributed by atoms with Crippen LogP contribution in [0.25, 0.3) is 5.57 Å². The molecule has 8 rings (SSSR count).